The van der Waals surface area contributed by atoms with Gasteiger partial charge in [-0.25, -0.2) is 0 Å². The zero-order valence-electron chi connectivity index (χ0n) is 12.2. The Morgan fingerprint density at radius 1 is 1.24 bits per heavy atom. The Bertz CT molecular complexity index is 640. The van der Waals surface area contributed by atoms with Crippen molar-refractivity contribution in [1.29, 1.82) is 0 Å². The van der Waals surface area contributed by atoms with Crippen molar-refractivity contribution in [3.05, 3.63) is 64.2 Å². The van der Waals surface area contributed by atoms with Crippen molar-refractivity contribution in [1.82, 2.24) is 5.32 Å². The quantitative estimate of drug-likeness (QED) is 0.907. The molecule has 2 aromatic carbocycles. The van der Waals surface area contributed by atoms with Gasteiger partial charge in [-0.15, -0.1) is 0 Å². The molecule has 0 radical (unpaired) electrons. The van der Waals surface area contributed by atoms with E-state index in [4.69, 9.17) is 16.3 Å². The number of amides is 1. The van der Waals surface area contributed by atoms with E-state index in [0.717, 1.165) is 11.1 Å². The number of carbonyl (C=O) groups is 1. The van der Waals surface area contributed by atoms with Gasteiger partial charge in [-0.2, -0.15) is 0 Å². The van der Waals surface area contributed by atoms with Crippen LogP contribution in [0, 0.1) is 6.92 Å². The molecule has 2 aromatic rings. The minimum Gasteiger partial charge on any atom is -0.492 e. The van der Waals surface area contributed by atoms with Crippen molar-refractivity contribution in [3.63, 3.8) is 0 Å². The van der Waals surface area contributed by atoms with Crippen molar-refractivity contribution in [3.8, 4) is 5.75 Å². The molecule has 0 aromatic heterocycles. The zero-order valence-corrected chi connectivity index (χ0v) is 12.9. The van der Waals surface area contributed by atoms with Gasteiger partial charge in [0.05, 0.1) is 11.6 Å². The summed E-state index contributed by atoms with van der Waals surface area (Å²) in [5.74, 6) is 0.442. The number of rotatable bonds is 5. The number of halogens is 1. The van der Waals surface area contributed by atoms with Gasteiger partial charge in [0.2, 0.25) is 0 Å². The van der Waals surface area contributed by atoms with Crippen molar-refractivity contribution >= 4 is 17.5 Å². The maximum atomic E-state index is 12.1. The standard InChI is InChI=1S/C17H18ClNO2/c1-3-21-16-9-8-13(10-15(16)18)17(20)19-11-14-7-5-4-6-12(14)2/h4-10H,3,11H2,1-2H3,(H,19,20). The summed E-state index contributed by atoms with van der Waals surface area (Å²) in [4.78, 5) is 12.1. The fourth-order valence-corrected chi connectivity index (χ4v) is 2.24. The SMILES string of the molecule is CCOc1ccc(C(=O)NCc2ccccc2C)cc1Cl. The number of benzene rings is 2. The van der Waals surface area contributed by atoms with Crippen LogP contribution < -0.4 is 10.1 Å². The lowest BCUT2D eigenvalue weighted by atomic mass is 10.1. The summed E-state index contributed by atoms with van der Waals surface area (Å²) in [6.45, 7) is 4.95. The van der Waals surface area contributed by atoms with E-state index < -0.39 is 0 Å². The number of carbonyl (C=O) groups excluding carboxylic acids is 1. The maximum Gasteiger partial charge on any atom is 0.251 e. The Labute approximate surface area is 129 Å². The second kappa shape index (κ2) is 7.14. The molecular formula is C17H18ClNO2. The van der Waals surface area contributed by atoms with Crippen molar-refractivity contribution < 1.29 is 9.53 Å². The third-order valence-electron chi connectivity index (χ3n) is 3.19. The van der Waals surface area contributed by atoms with Gasteiger partial charge in [0.25, 0.3) is 5.91 Å². The Kier molecular flexibility index (Phi) is 5.23. The van der Waals surface area contributed by atoms with Gasteiger partial charge >= 0.3 is 0 Å². The van der Waals surface area contributed by atoms with E-state index in [0.29, 0.717) is 29.5 Å². The Balaban J connectivity index is 2.04. The number of hydrogen-bond acceptors (Lipinski definition) is 2. The molecule has 0 bridgehead atoms. The van der Waals surface area contributed by atoms with Crippen LogP contribution in [0.4, 0.5) is 0 Å². The van der Waals surface area contributed by atoms with Gasteiger partial charge in [0.1, 0.15) is 5.75 Å². The Morgan fingerprint density at radius 2 is 2.00 bits per heavy atom. The van der Waals surface area contributed by atoms with Crippen LogP contribution in [0.15, 0.2) is 42.5 Å². The maximum absolute atomic E-state index is 12.1. The molecule has 3 nitrogen and oxygen atoms in total. The molecule has 4 heteroatoms. The lowest BCUT2D eigenvalue weighted by Gasteiger charge is -2.10. The van der Waals surface area contributed by atoms with Crippen LogP contribution in [0.5, 0.6) is 5.75 Å². The first-order valence-electron chi connectivity index (χ1n) is 6.87. The fourth-order valence-electron chi connectivity index (χ4n) is 2.00. The molecule has 0 aliphatic heterocycles. The number of aryl methyl sites for hydroxylation is 1. The third kappa shape index (κ3) is 3.99. The van der Waals surface area contributed by atoms with E-state index in [2.05, 4.69) is 5.32 Å². The van der Waals surface area contributed by atoms with E-state index in [9.17, 15) is 4.79 Å². The van der Waals surface area contributed by atoms with E-state index in [1.54, 1.807) is 18.2 Å². The summed E-state index contributed by atoms with van der Waals surface area (Å²) >= 11 is 6.09. The summed E-state index contributed by atoms with van der Waals surface area (Å²) in [6, 6.07) is 13.0. The first kappa shape index (κ1) is 15.4. The van der Waals surface area contributed by atoms with Gasteiger partial charge in [-0.05, 0) is 43.2 Å². The predicted octanol–water partition coefficient (Wildman–Crippen LogP) is 3.98. The molecule has 0 heterocycles. The minimum absolute atomic E-state index is 0.150. The van der Waals surface area contributed by atoms with Crippen molar-refractivity contribution in [2.45, 2.75) is 20.4 Å². The minimum atomic E-state index is -0.150. The van der Waals surface area contributed by atoms with Gasteiger partial charge in [-0.3, -0.25) is 4.79 Å². The topological polar surface area (TPSA) is 38.3 Å². The molecule has 0 fully saturated rings. The van der Waals surface area contributed by atoms with E-state index in [-0.39, 0.29) is 5.91 Å². The molecule has 0 aliphatic carbocycles. The Hall–Kier alpha value is -2.00. The molecule has 0 spiro atoms. The summed E-state index contributed by atoms with van der Waals surface area (Å²) in [5.41, 5.74) is 2.78. The van der Waals surface area contributed by atoms with Crippen LogP contribution in [-0.4, -0.2) is 12.5 Å². The fraction of sp³-hybridized carbons (Fsp3) is 0.235. The van der Waals surface area contributed by atoms with Crippen LogP contribution in [0.2, 0.25) is 5.02 Å². The van der Waals surface area contributed by atoms with Crippen LogP contribution in [-0.2, 0) is 6.54 Å². The highest BCUT2D eigenvalue weighted by atomic mass is 35.5. The molecular weight excluding hydrogens is 286 g/mol. The smallest absolute Gasteiger partial charge is 0.251 e. The molecule has 1 N–H and O–H groups in total. The lowest BCUT2D eigenvalue weighted by Crippen LogP contribution is -2.23. The molecule has 0 saturated carbocycles. The number of nitrogens with one attached hydrogen (secondary N) is 1. The third-order valence-corrected chi connectivity index (χ3v) is 3.49. The summed E-state index contributed by atoms with van der Waals surface area (Å²) in [7, 11) is 0. The molecule has 0 unspecified atom stereocenters. The predicted molar refractivity (Wildman–Crippen MR) is 85.0 cm³/mol. The molecule has 0 atom stereocenters. The highest BCUT2D eigenvalue weighted by Gasteiger charge is 2.09. The van der Waals surface area contributed by atoms with Crippen LogP contribution in [0.1, 0.15) is 28.4 Å². The largest absolute Gasteiger partial charge is 0.492 e. The molecule has 110 valence electrons. The van der Waals surface area contributed by atoms with Crippen molar-refractivity contribution in [2.24, 2.45) is 0 Å². The second-order valence-electron chi connectivity index (χ2n) is 4.69. The summed E-state index contributed by atoms with van der Waals surface area (Å²) in [6.07, 6.45) is 0. The monoisotopic (exact) mass is 303 g/mol. The molecule has 2 rings (SSSR count). The molecule has 0 aliphatic rings. The Morgan fingerprint density at radius 3 is 2.67 bits per heavy atom. The highest BCUT2D eigenvalue weighted by Crippen LogP contribution is 2.25. The number of ether oxygens (including phenoxy) is 1. The average molecular weight is 304 g/mol. The van der Waals surface area contributed by atoms with Crippen molar-refractivity contribution in [2.75, 3.05) is 6.61 Å². The van der Waals surface area contributed by atoms with Crippen LogP contribution in [0.3, 0.4) is 0 Å². The second-order valence-corrected chi connectivity index (χ2v) is 5.09. The van der Waals surface area contributed by atoms with E-state index >= 15 is 0 Å². The number of hydrogen-bond donors (Lipinski definition) is 1. The molecule has 1 amide bonds. The molecule has 0 saturated heterocycles. The molecule has 21 heavy (non-hydrogen) atoms. The van der Waals surface area contributed by atoms with E-state index in [1.165, 1.54) is 0 Å². The first-order chi connectivity index (χ1) is 10.1. The highest BCUT2D eigenvalue weighted by molar-refractivity contribution is 6.32. The van der Waals surface area contributed by atoms with Crippen LogP contribution in [0.25, 0.3) is 0 Å². The summed E-state index contributed by atoms with van der Waals surface area (Å²) in [5, 5.41) is 3.34. The summed E-state index contributed by atoms with van der Waals surface area (Å²) < 4.78 is 5.35. The van der Waals surface area contributed by atoms with Gasteiger partial charge in [0, 0.05) is 12.1 Å². The van der Waals surface area contributed by atoms with Gasteiger partial charge < -0.3 is 10.1 Å². The first-order valence-corrected chi connectivity index (χ1v) is 7.24. The normalized spacial score (nSPS) is 10.2. The van der Waals surface area contributed by atoms with Gasteiger partial charge in [0.15, 0.2) is 0 Å². The van der Waals surface area contributed by atoms with Gasteiger partial charge in [-0.1, -0.05) is 35.9 Å². The average Bonchev–Trinajstić information content (AvgIpc) is 2.48. The van der Waals surface area contributed by atoms with Crippen LogP contribution >= 0.6 is 11.6 Å². The van der Waals surface area contributed by atoms with E-state index in [1.807, 2.05) is 38.1 Å². The zero-order chi connectivity index (χ0) is 15.2. The lowest BCUT2D eigenvalue weighted by molar-refractivity contribution is 0.0951.